The molecule has 0 aliphatic rings. The molecule has 4 nitrogen and oxygen atoms in total. The van der Waals surface area contributed by atoms with E-state index in [2.05, 4.69) is 0 Å². The number of hydrogen-bond donors (Lipinski definition) is 0. The average molecular weight is 436 g/mol. The number of aromatic nitrogens is 1. The van der Waals surface area contributed by atoms with Crippen molar-refractivity contribution >= 4 is 28.5 Å². The van der Waals surface area contributed by atoms with Crippen molar-refractivity contribution in [1.82, 2.24) is 4.57 Å². The molecule has 6 heteroatoms. The highest BCUT2D eigenvalue weighted by Crippen LogP contribution is 2.30. The number of para-hydroxylation sites is 1. The van der Waals surface area contributed by atoms with Crippen molar-refractivity contribution in [2.75, 3.05) is 0 Å². The van der Waals surface area contributed by atoms with E-state index < -0.39 is 11.8 Å². The van der Waals surface area contributed by atoms with Gasteiger partial charge in [-0.15, -0.1) is 0 Å². The number of nitrogens with zero attached hydrogens (tertiary/aromatic N) is 1. The smallest absolute Gasteiger partial charge is 0.308 e. The molecule has 31 heavy (non-hydrogen) atoms. The Kier molecular flexibility index (Phi) is 5.61. The molecule has 1 aromatic heterocycles. The van der Waals surface area contributed by atoms with Crippen LogP contribution in [-0.2, 0) is 18.3 Å². The first-order valence-electron chi connectivity index (χ1n) is 9.68. The van der Waals surface area contributed by atoms with Crippen LogP contribution < -0.4 is 10.3 Å². The van der Waals surface area contributed by atoms with Crippen LogP contribution in [0.1, 0.15) is 18.1 Å². The van der Waals surface area contributed by atoms with Gasteiger partial charge < -0.3 is 9.30 Å². The molecule has 4 rings (SSSR count). The summed E-state index contributed by atoms with van der Waals surface area (Å²) >= 11 is 5.89. The summed E-state index contributed by atoms with van der Waals surface area (Å²) in [5, 5.41) is 0.764. The number of halogens is 2. The fraction of sp³-hybridized carbons (Fsp3) is 0.120. The van der Waals surface area contributed by atoms with E-state index in [0.717, 1.165) is 16.7 Å². The molecule has 0 aliphatic carbocycles. The molecule has 0 N–H and O–H groups in total. The molecule has 4 aromatic rings. The molecule has 3 aromatic carbocycles. The van der Waals surface area contributed by atoms with Crippen molar-refractivity contribution in [1.29, 1.82) is 0 Å². The minimum atomic E-state index is -0.483. The van der Waals surface area contributed by atoms with Crippen molar-refractivity contribution in [3.63, 3.8) is 0 Å². The Balaban J connectivity index is 1.76. The number of ether oxygens (including phenoxy) is 1. The Morgan fingerprint density at radius 2 is 1.71 bits per heavy atom. The second-order valence-corrected chi connectivity index (χ2v) is 7.69. The molecular weight excluding hydrogens is 417 g/mol. The number of pyridine rings is 1. The Bertz CT molecular complexity index is 1360. The summed E-state index contributed by atoms with van der Waals surface area (Å²) in [6.07, 6.45) is 0.296. The maximum Gasteiger partial charge on any atom is 0.308 e. The van der Waals surface area contributed by atoms with Crippen molar-refractivity contribution < 1.29 is 13.9 Å². The number of esters is 1. The van der Waals surface area contributed by atoms with Gasteiger partial charge in [0.1, 0.15) is 11.6 Å². The third kappa shape index (κ3) is 4.09. The van der Waals surface area contributed by atoms with Gasteiger partial charge in [-0.1, -0.05) is 54.1 Å². The first kappa shape index (κ1) is 20.8. The number of fused-ring (bicyclic) bond motifs is 1. The van der Waals surface area contributed by atoms with Gasteiger partial charge in [0.15, 0.2) is 0 Å². The monoisotopic (exact) mass is 435 g/mol. The van der Waals surface area contributed by atoms with E-state index in [-0.39, 0.29) is 10.6 Å². The van der Waals surface area contributed by atoms with E-state index in [9.17, 15) is 14.0 Å². The van der Waals surface area contributed by atoms with Crippen LogP contribution in [0.15, 0.2) is 71.5 Å². The SMILES string of the molecule is CC(=O)Oc1c(Cc2ccc(-c3ccc(F)c(Cl)c3)cc2)c(=O)n(C)c2ccccc12. The lowest BCUT2D eigenvalue weighted by Crippen LogP contribution is -2.24. The van der Waals surface area contributed by atoms with E-state index in [1.165, 1.54) is 13.0 Å². The van der Waals surface area contributed by atoms with Crippen molar-refractivity contribution in [2.24, 2.45) is 7.05 Å². The highest BCUT2D eigenvalue weighted by Gasteiger charge is 2.18. The van der Waals surface area contributed by atoms with Crippen LogP contribution in [0.5, 0.6) is 5.75 Å². The van der Waals surface area contributed by atoms with Crippen LogP contribution in [0, 0.1) is 5.82 Å². The second kappa shape index (κ2) is 8.36. The first-order valence-corrected chi connectivity index (χ1v) is 10.1. The lowest BCUT2D eigenvalue weighted by atomic mass is 9.99. The molecule has 0 amide bonds. The lowest BCUT2D eigenvalue weighted by Gasteiger charge is -2.15. The highest BCUT2D eigenvalue weighted by atomic mass is 35.5. The zero-order valence-corrected chi connectivity index (χ0v) is 17.7. The summed E-state index contributed by atoms with van der Waals surface area (Å²) in [6, 6.07) is 19.4. The zero-order valence-electron chi connectivity index (χ0n) is 17.0. The van der Waals surface area contributed by atoms with Crippen LogP contribution in [0.2, 0.25) is 5.02 Å². The van der Waals surface area contributed by atoms with Crippen molar-refractivity contribution in [3.05, 3.63) is 99.1 Å². The first-order chi connectivity index (χ1) is 14.8. The molecule has 0 bridgehead atoms. The van der Waals surface area contributed by atoms with Gasteiger partial charge in [-0.05, 0) is 41.0 Å². The molecule has 0 atom stereocenters. The Morgan fingerprint density at radius 1 is 1.03 bits per heavy atom. The fourth-order valence-electron chi connectivity index (χ4n) is 3.64. The number of carbonyl (C=O) groups is 1. The fourth-order valence-corrected chi connectivity index (χ4v) is 3.82. The Morgan fingerprint density at radius 3 is 2.39 bits per heavy atom. The number of benzene rings is 3. The van der Waals surface area contributed by atoms with E-state index in [1.807, 2.05) is 48.5 Å². The number of aryl methyl sites for hydroxylation is 1. The van der Waals surface area contributed by atoms with Gasteiger partial charge >= 0.3 is 5.97 Å². The lowest BCUT2D eigenvalue weighted by molar-refractivity contribution is -0.131. The topological polar surface area (TPSA) is 48.3 Å². The normalized spacial score (nSPS) is 11.0. The van der Waals surface area contributed by atoms with Crippen molar-refractivity contribution in [2.45, 2.75) is 13.3 Å². The maximum absolute atomic E-state index is 13.4. The van der Waals surface area contributed by atoms with E-state index >= 15 is 0 Å². The van der Waals surface area contributed by atoms with Gasteiger partial charge in [0.2, 0.25) is 0 Å². The van der Waals surface area contributed by atoms with Crippen LogP contribution in [-0.4, -0.2) is 10.5 Å². The molecule has 0 fully saturated rings. The molecule has 0 saturated carbocycles. The van der Waals surface area contributed by atoms with Crippen LogP contribution in [0.25, 0.3) is 22.0 Å². The molecule has 0 radical (unpaired) electrons. The number of carbonyl (C=O) groups excluding carboxylic acids is 1. The van der Waals surface area contributed by atoms with Crippen LogP contribution in [0.3, 0.4) is 0 Å². The Hall–Kier alpha value is -3.44. The van der Waals surface area contributed by atoms with Gasteiger partial charge in [0, 0.05) is 25.8 Å². The molecule has 156 valence electrons. The summed E-state index contributed by atoms with van der Waals surface area (Å²) in [6.45, 7) is 1.32. The third-order valence-electron chi connectivity index (χ3n) is 5.18. The van der Waals surface area contributed by atoms with Gasteiger partial charge in [0.25, 0.3) is 5.56 Å². The molecule has 1 heterocycles. The minimum absolute atomic E-state index is 0.0623. The van der Waals surface area contributed by atoms with Gasteiger partial charge in [-0.2, -0.15) is 0 Å². The molecule has 0 spiro atoms. The second-order valence-electron chi connectivity index (χ2n) is 7.29. The van der Waals surface area contributed by atoms with E-state index in [0.29, 0.717) is 28.6 Å². The van der Waals surface area contributed by atoms with Crippen molar-refractivity contribution in [3.8, 4) is 16.9 Å². The summed E-state index contributed by atoms with van der Waals surface area (Å²) < 4.78 is 20.5. The van der Waals surface area contributed by atoms with Gasteiger partial charge in [-0.3, -0.25) is 9.59 Å². The maximum atomic E-state index is 13.4. The predicted octanol–water partition coefficient (Wildman–Crippen LogP) is 5.51. The van der Waals surface area contributed by atoms with Crippen LogP contribution >= 0.6 is 11.6 Å². The van der Waals surface area contributed by atoms with Gasteiger partial charge in [-0.25, -0.2) is 4.39 Å². The third-order valence-corrected chi connectivity index (χ3v) is 5.47. The quantitative estimate of drug-likeness (QED) is 0.397. The van der Waals surface area contributed by atoms with Crippen LogP contribution in [0.4, 0.5) is 4.39 Å². The summed E-state index contributed by atoms with van der Waals surface area (Å²) in [5.74, 6) is -0.657. The minimum Gasteiger partial charge on any atom is -0.425 e. The highest BCUT2D eigenvalue weighted by molar-refractivity contribution is 6.31. The molecule has 0 unspecified atom stereocenters. The summed E-state index contributed by atoms with van der Waals surface area (Å²) in [4.78, 5) is 24.8. The summed E-state index contributed by atoms with van der Waals surface area (Å²) in [5.41, 5.74) is 3.42. The number of rotatable bonds is 4. The molecule has 0 saturated heterocycles. The Labute approximate surface area is 183 Å². The van der Waals surface area contributed by atoms with Gasteiger partial charge in [0.05, 0.1) is 16.1 Å². The molecular formula is C25H19ClFNO3. The average Bonchev–Trinajstić information content (AvgIpc) is 2.76. The standard InChI is InChI=1S/C25H19ClFNO3/c1-15(29)31-24-19-5-3-4-6-23(19)28(2)25(30)20(24)13-16-7-9-17(10-8-16)18-11-12-22(27)21(26)14-18/h3-12,14H,13H2,1-2H3. The zero-order chi connectivity index (χ0) is 22.1. The van der Waals surface area contributed by atoms with E-state index in [1.54, 1.807) is 23.7 Å². The predicted molar refractivity (Wildman–Crippen MR) is 120 cm³/mol. The number of hydrogen-bond acceptors (Lipinski definition) is 3. The summed E-state index contributed by atoms with van der Waals surface area (Å²) in [7, 11) is 1.70. The molecule has 0 aliphatic heterocycles. The largest absolute Gasteiger partial charge is 0.425 e. The van der Waals surface area contributed by atoms with E-state index in [4.69, 9.17) is 16.3 Å².